The van der Waals surface area contributed by atoms with Gasteiger partial charge in [0, 0.05) is 12.0 Å². The van der Waals surface area contributed by atoms with E-state index in [0.29, 0.717) is 0 Å². The molecule has 0 amide bonds. The van der Waals surface area contributed by atoms with Gasteiger partial charge in [0.25, 0.3) is 0 Å². The first kappa shape index (κ1) is 11.8. The smallest absolute Gasteiger partial charge is 0.195 e. The minimum atomic E-state index is 0.237. The molecular formula is C12H21N3S. The highest BCUT2D eigenvalue weighted by Crippen LogP contribution is 2.37. The summed E-state index contributed by atoms with van der Waals surface area (Å²) in [5, 5.41) is 7.44. The van der Waals surface area contributed by atoms with Crippen molar-refractivity contribution in [2.45, 2.75) is 64.3 Å². The van der Waals surface area contributed by atoms with Gasteiger partial charge in [-0.2, -0.15) is 5.10 Å². The molecule has 0 aliphatic heterocycles. The van der Waals surface area contributed by atoms with Gasteiger partial charge in [-0.25, -0.2) is 0 Å². The van der Waals surface area contributed by atoms with Gasteiger partial charge < -0.3 is 4.57 Å². The lowest BCUT2D eigenvalue weighted by molar-refractivity contribution is 0.293. The minimum absolute atomic E-state index is 0.237. The van der Waals surface area contributed by atoms with Crippen LogP contribution in [-0.4, -0.2) is 14.8 Å². The highest BCUT2D eigenvalue weighted by Gasteiger charge is 2.33. The number of nitrogens with zero attached hydrogens (tertiary/aromatic N) is 2. The molecule has 0 radical (unpaired) electrons. The van der Waals surface area contributed by atoms with E-state index in [9.17, 15) is 0 Å². The highest BCUT2D eigenvalue weighted by atomic mass is 32.1. The van der Waals surface area contributed by atoms with Crippen molar-refractivity contribution in [3.63, 3.8) is 0 Å². The molecule has 0 atom stereocenters. The lowest BCUT2D eigenvalue weighted by atomic mass is 9.75. The molecule has 0 bridgehead atoms. The van der Waals surface area contributed by atoms with E-state index in [2.05, 4.69) is 28.6 Å². The second kappa shape index (κ2) is 4.70. The fourth-order valence-corrected chi connectivity index (χ4v) is 2.99. The third-order valence-corrected chi connectivity index (χ3v) is 4.01. The van der Waals surface area contributed by atoms with Crippen LogP contribution in [0.25, 0.3) is 0 Å². The van der Waals surface area contributed by atoms with Gasteiger partial charge >= 0.3 is 0 Å². The van der Waals surface area contributed by atoms with E-state index in [1.165, 1.54) is 37.9 Å². The summed E-state index contributed by atoms with van der Waals surface area (Å²) in [5.74, 6) is 1.18. The molecule has 0 saturated heterocycles. The molecule has 16 heavy (non-hydrogen) atoms. The maximum absolute atomic E-state index is 5.30. The number of rotatable bonds is 3. The zero-order valence-corrected chi connectivity index (χ0v) is 11.1. The fraction of sp³-hybridized carbons (Fsp3) is 0.833. The topological polar surface area (TPSA) is 33.6 Å². The summed E-state index contributed by atoms with van der Waals surface area (Å²) in [6, 6.07) is 0. The van der Waals surface area contributed by atoms with E-state index < -0.39 is 0 Å². The molecule has 4 heteroatoms. The Bertz CT molecular complexity index is 399. The monoisotopic (exact) mass is 239 g/mol. The van der Waals surface area contributed by atoms with Crippen LogP contribution in [0.4, 0.5) is 0 Å². The molecule has 1 heterocycles. The summed E-state index contributed by atoms with van der Waals surface area (Å²) in [6.07, 6.45) is 7.61. The number of aromatic amines is 1. The van der Waals surface area contributed by atoms with E-state index in [1.54, 1.807) is 0 Å². The Morgan fingerprint density at radius 2 is 2.06 bits per heavy atom. The molecule has 1 N–H and O–H groups in total. The fourth-order valence-electron chi connectivity index (χ4n) is 2.77. The Labute approximate surface area is 102 Å². The molecule has 1 aromatic rings. The Balaban J connectivity index is 2.34. The van der Waals surface area contributed by atoms with Gasteiger partial charge in [-0.05, 0) is 31.5 Å². The first-order valence-corrected chi connectivity index (χ1v) is 6.74. The standard InChI is InChI=1S/C12H21N3S/c1-3-9-15-10(13-14-11(15)16)12(2)7-5-4-6-8-12/h3-9H2,1-2H3,(H,14,16). The predicted octanol–water partition coefficient (Wildman–Crippen LogP) is 3.57. The molecule has 1 saturated carbocycles. The van der Waals surface area contributed by atoms with Crippen molar-refractivity contribution in [3.8, 4) is 0 Å². The Hall–Kier alpha value is -0.640. The summed E-state index contributed by atoms with van der Waals surface area (Å²) < 4.78 is 2.98. The summed E-state index contributed by atoms with van der Waals surface area (Å²) in [6.45, 7) is 5.51. The maximum Gasteiger partial charge on any atom is 0.195 e. The van der Waals surface area contributed by atoms with Gasteiger partial charge in [-0.3, -0.25) is 5.10 Å². The molecule has 0 unspecified atom stereocenters. The Morgan fingerprint density at radius 1 is 1.38 bits per heavy atom. The van der Waals surface area contributed by atoms with E-state index in [4.69, 9.17) is 12.2 Å². The summed E-state index contributed by atoms with van der Waals surface area (Å²) in [5.41, 5.74) is 0.237. The summed E-state index contributed by atoms with van der Waals surface area (Å²) in [4.78, 5) is 0. The van der Waals surface area contributed by atoms with Crippen LogP contribution in [0.3, 0.4) is 0 Å². The first-order valence-electron chi connectivity index (χ1n) is 6.33. The number of hydrogen-bond acceptors (Lipinski definition) is 2. The number of hydrogen-bond donors (Lipinski definition) is 1. The van der Waals surface area contributed by atoms with Crippen LogP contribution >= 0.6 is 12.2 Å². The summed E-state index contributed by atoms with van der Waals surface area (Å²) >= 11 is 5.30. The molecule has 0 spiro atoms. The van der Waals surface area contributed by atoms with Gasteiger partial charge in [-0.15, -0.1) is 0 Å². The van der Waals surface area contributed by atoms with Crippen LogP contribution in [-0.2, 0) is 12.0 Å². The van der Waals surface area contributed by atoms with E-state index in [0.717, 1.165) is 17.7 Å². The van der Waals surface area contributed by atoms with Crippen LogP contribution in [0.5, 0.6) is 0 Å². The normalized spacial score (nSPS) is 19.9. The maximum atomic E-state index is 5.30. The van der Waals surface area contributed by atoms with E-state index >= 15 is 0 Å². The number of aromatic nitrogens is 3. The van der Waals surface area contributed by atoms with Crippen LogP contribution in [0.15, 0.2) is 0 Å². The van der Waals surface area contributed by atoms with Gasteiger partial charge in [0.05, 0.1) is 0 Å². The SMILES string of the molecule is CCCn1c(C2(C)CCCCC2)n[nH]c1=S. The van der Waals surface area contributed by atoms with Crippen molar-refractivity contribution in [1.29, 1.82) is 0 Å². The average molecular weight is 239 g/mol. The lowest BCUT2D eigenvalue weighted by Gasteiger charge is -2.32. The summed E-state index contributed by atoms with van der Waals surface area (Å²) in [7, 11) is 0. The molecule has 0 aromatic carbocycles. The average Bonchev–Trinajstić information content (AvgIpc) is 2.63. The van der Waals surface area contributed by atoms with Gasteiger partial charge in [0.2, 0.25) is 0 Å². The lowest BCUT2D eigenvalue weighted by Crippen LogP contribution is -2.29. The largest absolute Gasteiger partial charge is 0.304 e. The molecule has 1 fully saturated rings. The first-order chi connectivity index (χ1) is 7.67. The molecule has 1 aliphatic carbocycles. The molecule has 1 aromatic heterocycles. The van der Waals surface area contributed by atoms with Crippen molar-refractivity contribution >= 4 is 12.2 Å². The van der Waals surface area contributed by atoms with Crippen molar-refractivity contribution in [2.24, 2.45) is 0 Å². The third kappa shape index (κ3) is 2.08. The van der Waals surface area contributed by atoms with Gasteiger partial charge in [0.1, 0.15) is 5.82 Å². The van der Waals surface area contributed by atoms with Crippen molar-refractivity contribution < 1.29 is 0 Å². The molecule has 3 nitrogen and oxygen atoms in total. The van der Waals surface area contributed by atoms with Gasteiger partial charge in [0.15, 0.2) is 4.77 Å². The van der Waals surface area contributed by atoms with E-state index in [1.807, 2.05) is 0 Å². The van der Waals surface area contributed by atoms with Crippen LogP contribution in [0.2, 0.25) is 0 Å². The van der Waals surface area contributed by atoms with Crippen LogP contribution < -0.4 is 0 Å². The van der Waals surface area contributed by atoms with Crippen molar-refractivity contribution in [3.05, 3.63) is 10.6 Å². The van der Waals surface area contributed by atoms with Crippen molar-refractivity contribution in [1.82, 2.24) is 14.8 Å². The number of H-pyrrole nitrogens is 1. The third-order valence-electron chi connectivity index (χ3n) is 3.70. The molecular weight excluding hydrogens is 218 g/mol. The van der Waals surface area contributed by atoms with Crippen LogP contribution in [0, 0.1) is 4.77 Å². The quantitative estimate of drug-likeness (QED) is 0.818. The van der Waals surface area contributed by atoms with Crippen LogP contribution in [0.1, 0.15) is 58.2 Å². The highest BCUT2D eigenvalue weighted by molar-refractivity contribution is 7.71. The second-order valence-corrected chi connectivity index (χ2v) is 5.51. The number of nitrogens with one attached hydrogen (secondary N) is 1. The second-order valence-electron chi connectivity index (χ2n) is 5.13. The molecule has 2 rings (SSSR count). The molecule has 1 aliphatic rings. The predicted molar refractivity (Wildman–Crippen MR) is 68.1 cm³/mol. The minimum Gasteiger partial charge on any atom is -0.304 e. The zero-order valence-electron chi connectivity index (χ0n) is 10.3. The van der Waals surface area contributed by atoms with Gasteiger partial charge in [-0.1, -0.05) is 33.1 Å². The molecule has 90 valence electrons. The van der Waals surface area contributed by atoms with E-state index in [-0.39, 0.29) is 5.41 Å². The van der Waals surface area contributed by atoms with Crippen molar-refractivity contribution in [2.75, 3.05) is 0 Å². The Morgan fingerprint density at radius 3 is 2.69 bits per heavy atom. The zero-order chi connectivity index (χ0) is 11.6. The Kier molecular flexibility index (Phi) is 3.47.